The van der Waals surface area contributed by atoms with Crippen molar-refractivity contribution in [1.82, 2.24) is 4.98 Å². The minimum Gasteiger partial charge on any atom is -0.481 e. The molecule has 0 fully saturated rings. The predicted octanol–water partition coefficient (Wildman–Crippen LogP) is 3.15. The summed E-state index contributed by atoms with van der Waals surface area (Å²) >= 11 is 11.7. The monoisotopic (exact) mass is 259 g/mol. The fraction of sp³-hybridized carbons (Fsp3) is 0.200. The van der Waals surface area contributed by atoms with Crippen LogP contribution in [-0.2, 0) is 11.2 Å². The van der Waals surface area contributed by atoms with E-state index in [1.165, 1.54) is 0 Å². The van der Waals surface area contributed by atoms with E-state index in [1.54, 1.807) is 12.1 Å². The Morgan fingerprint density at radius 3 is 2.88 bits per heavy atom. The molecule has 4 nitrogen and oxygen atoms in total. The smallest absolute Gasteiger partial charge is 0.303 e. The molecular weight excluding hydrogens is 253 g/mol. The molecule has 0 aliphatic heterocycles. The standard InChI is InChI=1S/C10H7Cl2NO3/c11-5-3-6(12)10-7(4-5)16-8(13-10)1-2-9(14)15/h3-4H,1-2H2,(H,14,15). The van der Waals surface area contributed by atoms with Gasteiger partial charge in [-0.25, -0.2) is 4.98 Å². The van der Waals surface area contributed by atoms with Gasteiger partial charge in [-0.05, 0) is 6.07 Å². The molecule has 2 rings (SSSR count). The highest BCUT2D eigenvalue weighted by Crippen LogP contribution is 2.28. The zero-order valence-electron chi connectivity index (χ0n) is 8.04. The number of carboxylic acids is 1. The first-order chi connectivity index (χ1) is 7.56. The van der Waals surface area contributed by atoms with E-state index in [2.05, 4.69) is 4.98 Å². The summed E-state index contributed by atoms with van der Waals surface area (Å²) in [5.41, 5.74) is 0.976. The van der Waals surface area contributed by atoms with Gasteiger partial charge in [0, 0.05) is 17.5 Å². The first-order valence-electron chi connectivity index (χ1n) is 4.52. The fourth-order valence-electron chi connectivity index (χ4n) is 1.32. The summed E-state index contributed by atoms with van der Waals surface area (Å²) in [6, 6.07) is 3.16. The van der Waals surface area contributed by atoms with Gasteiger partial charge in [0.1, 0.15) is 5.52 Å². The van der Waals surface area contributed by atoms with Crippen molar-refractivity contribution in [2.45, 2.75) is 12.8 Å². The summed E-state index contributed by atoms with van der Waals surface area (Å²) < 4.78 is 5.34. The SMILES string of the molecule is O=C(O)CCc1nc2c(Cl)cc(Cl)cc2o1. The Morgan fingerprint density at radius 2 is 2.19 bits per heavy atom. The Balaban J connectivity index is 2.36. The lowest BCUT2D eigenvalue weighted by Gasteiger charge is -1.91. The van der Waals surface area contributed by atoms with Crippen molar-refractivity contribution in [1.29, 1.82) is 0 Å². The molecule has 0 saturated carbocycles. The molecule has 0 saturated heterocycles. The molecule has 0 spiro atoms. The van der Waals surface area contributed by atoms with Crippen molar-refractivity contribution in [2.75, 3.05) is 0 Å². The van der Waals surface area contributed by atoms with Crippen LogP contribution in [0.5, 0.6) is 0 Å². The normalized spacial score (nSPS) is 10.9. The molecule has 1 heterocycles. The molecule has 1 aromatic carbocycles. The van der Waals surface area contributed by atoms with Gasteiger partial charge in [0.25, 0.3) is 0 Å². The van der Waals surface area contributed by atoms with Gasteiger partial charge in [0.05, 0.1) is 11.4 Å². The number of hydrogen-bond donors (Lipinski definition) is 1. The third-order valence-corrected chi connectivity index (χ3v) is 2.52. The number of oxazole rings is 1. The van der Waals surface area contributed by atoms with Gasteiger partial charge in [0.2, 0.25) is 0 Å². The van der Waals surface area contributed by atoms with E-state index >= 15 is 0 Å². The molecule has 2 aromatic rings. The lowest BCUT2D eigenvalue weighted by Crippen LogP contribution is -1.97. The number of aromatic nitrogens is 1. The van der Waals surface area contributed by atoms with E-state index in [-0.39, 0.29) is 12.8 Å². The zero-order chi connectivity index (χ0) is 11.7. The molecule has 1 aromatic heterocycles. The molecule has 0 aliphatic rings. The predicted molar refractivity (Wildman–Crippen MR) is 60.0 cm³/mol. The van der Waals surface area contributed by atoms with Crippen molar-refractivity contribution in [3.05, 3.63) is 28.1 Å². The van der Waals surface area contributed by atoms with Gasteiger partial charge in [-0.1, -0.05) is 23.2 Å². The first-order valence-corrected chi connectivity index (χ1v) is 5.28. The van der Waals surface area contributed by atoms with Gasteiger partial charge in [-0.15, -0.1) is 0 Å². The summed E-state index contributed by atoms with van der Waals surface area (Å²) in [4.78, 5) is 14.5. The van der Waals surface area contributed by atoms with E-state index in [9.17, 15) is 4.79 Å². The van der Waals surface area contributed by atoms with Gasteiger partial charge in [0.15, 0.2) is 11.5 Å². The molecule has 1 N–H and O–H groups in total. The van der Waals surface area contributed by atoms with E-state index < -0.39 is 5.97 Å². The maximum Gasteiger partial charge on any atom is 0.303 e. The molecule has 6 heteroatoms. The lowest BCUT2D eigenvalue weighted by atomic mass is 10.3. The van der Waals surface area contributed by atoms with Gasteiger partial charge in [-0.2, -0.15) is 0 Å². The molecular formula is C10H7Cl2NO3. The van der Waals surface area contributed by atoms with Crippen LogP contribution in [0.1, 0.15) is 12.3 Å². The topological polar surface area (TPSA) is 63.3 Å². The Labute approximate surface area is 101 Å². The summed E-state index contributed by atoms with van der Waals surface area (Å²) in [7, 11) is 0. The van der Waals surface area contributed by atoms with Gasteiger partial charge >= 0.3 is 5.97 Å². The van der Waals surface area contributed by atoms with Gasteiger partial charge in [-0.3, -0.25) is 4.79 Å². The average molecular weight is 260 g/mol. The number of halogens is 2. The average Bonchev–Trinajstić information content (AvgIpc) is 2.57. The summed E-state index contributed by atoms with van der Waals surface area (Å²) in [6.45, 7) is 0. The van der Waals surface area contributed by atoms with Crippen LogP contribution in [0.4, 0.5) is 0 Å². The van der Waals surface area contributed by atoms with Gasteiger partial charge < -0.3 is 9.52 Å². The highest BCUT2D eigenvalue weighted by Gasteiger charge is 2.11. The highest BCUT2D eigenvalue weighted by molar-refractivity contribution is 6.38. The second-order valence-corrected chi connectivity index (χ2v) is 4.08. The van der Waals surface area contributed by atoms with E-state index in [0.717, 1.165) is 0 Å². The maximum atomic E-state index is 10.4. The quantitative estimate of drug-likeness (QED) is 0.920. The number of benzene rings is 1. The number of nitrogens with zero attached hydrogens (tertiary/aromatic N) is 1. The van der Waals surface area contributed by atoms with Crippen LogP contribution >= 0.6 is 23.2 Å². The fourth-order valence-corrected chi connectivity index (χ4v) is 1.84. The third-order valence-electron chi connectivity index (χ3n) is 2.01. The molecule has 0 amide bonds. The van der Waals surface area contributed by atoms with Crippen LogP contribution < -0.4 is 0 Å². The number of carbonyl (C=O) groups is 1. The van der Waals surface area contributed by atoms with E-state index in [1.807, 2.05) is 0 Å². The highest BCUT2D eigenvalue weighted by atomic mass is 35.5. The van der Waals surface area contributed by atoms with Crippen molar-refractivity contribution in [2.24, 2.45) is 0 Å². The number of hydrogen-bond acceptors (Lipinski definition) is 3. The van der Waals surface area contributed by atoms with Crippen LogP contribution in [0.25, 0.3) is 11.1 Å². The number of rotatable bonds is 3. The Kier molecular flexibility index (Phi) is 3.03. The second kappa shape index (κ2) is 4.31. The van der Waals surface area contributed by atoms with E-state index in [0.29, 0.717) is 27.0 Å². The Morgan fingerprint density at radius 1 is 1.44 bits per heavy atom. The summed E-state index contributed by atoms with van der Waals surface area (Å²) in [5.74, 6) is -0.548. The van der Waals surface area contributed by atoms with Crippen LogP contribution in [0, 0.1) is 0 Å². The first kappa shape index (κ1) is 11.2. The third kappa shape index (κ3) is 2.28. The molecule has 0 bridgehead atoms. The Hall–Kier alpha value is -1.26. The molecule has 0 unspecified atom stereocenters. The van der Waals surface area contributed by atoms with Crippen LogP contribution in [0.3, 0.4) is 0 Å². The summed E-state index contributed by atoms with van der Waals surface area (Å²) in [5, 5.41) is 9.38. The number of aryl methyl sites for hydroxylation is 1. The number of fused-ring (bicyclic) bond motifs is 1. The number of carboxylic acid groups (broad SMARTS) is 1. The van der Waals surface area contributed by atoms with Crippen LogP contribution in [-0.4, -0.2) is 16.1 Å². The van der Waals surface area contributed by atoms with Crippen LogP contribution in [0.2, 0.25) is 10.0 Å². The van der Waals surface area contributed by atoms with Crippen LogP contribution in [0.15, 0.2) is 16.5 Å². The number of aliphatic carboxylic acids is 1. The maximum absolute atomic E-state index is 10.4. The second-order valence-electron chi connectivity index (χ2n) is 3.24. The lowest BCUT2D eigenvalue weighted by molar-refractivity contribution is -0.137. The Bertz CT molecular complexity index is 550. The van der Waals surface area contributed by atoms with Crippen molar-refractivity contribution >= 4 is 40.3 Å². The molecule has 84 valence electrons. The zero-order valence-corrected chi connectivity index (χ0v) is 9.55. The molecule has 0 radical (unpaired) electrons. The van der Waals surface area contributed by atoms with E-state index in [4.69, 9.17) is 32.7 Å². The van der Waals surface area contributed by atoms with Crippen molar-refractivity contribution < 1.29 is 14.3 Å². The molecule has 0 aliphatic carbocycles. The van der Waals surface area contributed by atoms with Crippen molar-refractivity contribution in [3.8, 4) is 0 Å². The summed E-state index contributed by atoms with van der Waals surface area (Å²) in [6.07, 6.45) is 0.204. The minimum absolute atomic E-state index is 0.0296. The minimum atomic E-state index is -0.897. The molecule has 16 heavy (non-hydrogen) atoms. The molecule has 0 atom stereocenters. The largest absolute Gasteiger partial charge is 0.481 e. The van der Waals surface area contributed by atoms with Crippen molar-refractivity contribution in [3.63, 3.8) is 0 Å².